The van der Waals surface area contributed by atoms with Crippen molar-refractivity contribution in [2.45, 2.75) is 12.2 Å². The quantitative estimate of drug-likeness (QED) is 0.618. The zero-order valence-electron chi connectivity index (χ0n) is 17.1. The Bertz CT molecular complexity index is 1020. The van der Waals surface area contributed by atoms with Crippen LogP contribution in [0.1, 0.15) is 6.92 Å². The summed E-state index contributed by atoms with van der Waals surface area (Å²) in [4.78, 5) is 24.8. The molecule has 2 amide bonds. The molecule has 0 aromatic heterocycles. The van der Waals surface area contributed by atoms with Gasteiger partial charge in [0.2, 0.25) is 11.8 Å². The summed E-state index contributed by atoms with van der Waals surface area (Å²) in [7, 11) is 0.216. The molecule has 2 aromatic rings. The zero-order chi connectivity index (χ0) is 22.3. The van der Waals surface area contributed by atoms with E-state index in [-0.39, 0.29) is 5.69 Å². The minimum absolute atomic E-state index is 0.252. The number of anilines is 2. The number of para-hydroxylation sites is 2. The Morgan fingerprint density at radius 3 is 2.17 bits per heavy atom. The predicted molar refractivity (Wildman–Crippen MR) is 113 cm³/mol. The second-order valence-electron chi connectivity index (χ2n) is 6.25. The van der Waals surface area contributed by atoms with Crippen LogP contribution in [0.25, 0.3) is 0 Å². The fraction of sp³-hybridized carbons (Fsp3) is 0.300. The van der Waals surface area contributed by atoms with Crippen LogP contribution in [0.3, 0.4) is 0 Å². The molecule has 1 atom stereocenters. The molecule has 0 fully saturated rings. The van der Waals surface area contributed by atoms with Crippen molar-refractivity contribution < 1.29 is 32.2 Å². The van der Waals surface area contributed by atoms with E-state index < -0.39 is 32.7 Å². The van der Waals surface area contributed by atoms with Gasteiger partial charge in [0.1, 0.15) is 28.3 Å². The predicted octanol–water partition coefficient (Wildman–Crippen LogP) is 2.09. The van der Waals surface area contributed by atoms with Crippen LogP contribution in [-0.2, 0) is 19.4 Å². The van der Waals surface area contributed by atoms with Crippen molar-refractivity contribution in [2.75, 3.05) is 37.7 Å². The molecular formula is C20H24N2O7S. The molecule has 0 radical (unpaired) electrons. The summed E-state index contributed by atoms with van der Waals surface area (Å²) >= 11 is 0. The van der Waals surface area contributed by atoms with Gasteiger partial charge in [-0.2, -0.15) is 0 Å². The van der Waals surface area contributed by atoms with Crippen molar-refractivity contribution >= 4 is 33.0 Å². The summed E-state index contributed by atoms with van der Waals surface area (Å²) < 4.78 is 40.6. The van der Waals surface area contributed by atoms with E-state index in [1.54, 1.807) is 36.4 Å². The second-order valence-corrected chi connectivity index (χ2v) is 8.57. The fourth-order valence-electron chi connectivity index (χ4n) is 2.55. The third-order valence-electron chi connectivity index (χ3n) is 4.29. The molecule has 10 heteroatoms. The lowest BCUT2D eigenvalue weighted by Gasteiger charge is -2.16. The van der Waals surface area contributed by atoms with Gasteiger partial charge in [-0.25, -0.2) is 8.42 Å². The molecule has 0 aliphatic heterocycles. The summed E-state index contributed by atoms with van der Waals surface area (Å²) in [6, 6.07) is 11.3. The topological polar surface area (TPSA) is 120 Å². The van der Waals surface area contributed by atoms with Crippen LogP contribution in [0, 0.1) is 0 Å². The van der Waals surface area contributed by atoms with Crippen LogP contribution >= 0.6 is 0 Å². The van der Waals surface area contributed by atoms with Crippen LogP contribution in [0.5, 0.6) is 17.2 Å². The molecule has 0 saturated heterocycles. The third-order valence-corrected chi connectivity index (χ3v) is 6.24. The highest BCUT2D eigenvalue weighted by molar-refractivity contribution is 7.93. The van der Waals surface area contributed by atoms with Gasteiger partial charge in [-0.15, -0.1) is 0 Å². The van der Waals surface area contributed by atoms with Crippen LogP contribution in [0.15, 0.2) is 42.5 Å². The number of nitrogens with one attached hydrogen (secondary N) is 2. The Hall–Kier alpha value is -3.27. The number of amides is 2. The highest BCUT2D eigenvalue weighted by atomic mass is 32.2. The summed E-state index contributed by atoms with van der Waals surface area (Å²) in [5, 5.41) is 3.52. The molecule has 0 aliphatic rings. The zero-order valence-corrected chi connectivity index (χ0v) is 17.9. The van der Waals surface area contributed by atoms with Crippen molar-refractivity contribution in [3.05, 3.63) is 42.5 Å². The van der Waals surface area contributed by atoms with Crippen molar-refractivity contribution in [1.29, 1.82) is 0 Å². The number of hydrogen-bond acceptors (Lipinski definition) is 7. The fourth-order valence-corrected chi connectivity index (χ4v) is 3.62. The Balaban J connectivity index is 2.10. The van der Waals surface area contributed by atoms with Crippen LogP contribution < -0.4 is 24.8 Å². The maximum atomic E-state index is 12.6. The molecule has 0 heterocycles. The first-order chi connectivity index (χ1) is 14.2. The Labute approximate surface area is 175 Å². The smallest absolute Gasteiger partial charge is 0.242 e. The number of sulfone groups is 1. The molecule has 1 unspecified atom stereocenters. The van der Waals surface area contributed by atoms with E-state index in [0.717, 1.165) is 0 Å². The molecule has 30 heavy (non-hydrogen) atoms. The number of carbonyl (C=O) groups is 2. The summed E-state index contributed by atoms with van der Waals surface area (Å²) in [5.41, 5.74) is 0.584. The van der Waals surface area contributed by atoms with E-state index in [4.69, 9.17) is 14.2 Å². The summed E-state index contributed by atoms with van der Waals surface area (Å²) in [6.45, 7) is 1.22. The first-order valence-electron chi connectivity index (χ1n) is 8.89. The van der Waals surface area contributed by atoms with Gasteiger partial charge in [0, 0.05) is 6.07 Å². The van der Waals surface area contributed by atoms with Crippen molar-refractivity contribution in [1.82, 2.24) is 0 Å². The molecule has 2 aromatic carbocycles. The molecule has 0 spiro atoms. The summed E-state index contributed by atoms with van der Waals surface area (Å²) in [6.07, 6.45) is 0. The molecule has 2 rings (SSSR count). The van der Waals surface area contributed by atoms with E-state index >= 15 is 0 Å². The average Bonchev–Trinajstić information content (AvgIpc) is 2.72. The maximum Gasteiger partial charge on any atom is 0.242 e. The Morgan fingerprint density at radius 2 is 1.53 bits per heavy atom. The van der Waals surface area contributed by atoms with Gasteiger partial charge >= 0.3 is 0 Å². The van der Waals surface area contributed by atoms with E-state index in [0.29, 0.717) is 22.9 Å². The van der Waals surface area contributed by atoms with Gasteiger partial charge in [-0.3, -0.25) is 9.59 Å². The lowest BCUT2D eigenvalue weighted by Crippen LogP contribution is -2.37. The van der Waals surface area contributed by atoms with E-state index in [1.165, 1.54) is 34.3 Å². The van der Waals surface area contributed by atoms with Gasteiger partial charge in [-0.1, -0.05) is 12.1 Å². The highest BCUT2D eigenvalue weighted by Gasteiger charge is 2.31. The number of methoxy groups -OCH3 is 3. The lowest BCUT2D eigenvalue weighted by molar-refractivity contribution is -0.115. The molecule has 162 valence electrons. The van der Waals surface area contributed by atoms with Crippen LogP contribution in [0.2, 0.25) is 0 Å². The number of hydrogen-bond donors (Lipinski definition) is 2. The number of benzene rings is 2. The van der Waals surface area contributed by atoms with Crippen molar-refractivity contribution in [2.24, 2.45) is 0 Å². The van der Waals surface area contributed by atoms with E-state index in [2.05, 4.69) is 10.6 Å². The molecule has 0 bridgehead atoms. The largest absolute Gasteiger partial charge is 0.497 e. The standard InChI is InChI=1S/C20H24N2O7S/c1-13(20(24)22-16-11-14(27-2)9-10-18(16)29-4)30(25,26)12-19(23)21-15-7-5-6-8-17(15)28-3/h5-11,13H,12H2,1-4H3,(H,21,23)(H,22,24). The third kappa shape index (κ3) is 5.63. The monoisotopic (exact) mass is 436 g/mol. The van der Waals surface area contributed by atoms with Crippen molar-refractivity contribution in [3.63, 3.8) is 0 Å². The van der Waals surface area contributed by atoms with Gasteiger partial charge in [0.25, 0.3) is 0 Å². The minimum atomic E-state index is -4.09. The lowest BCUT2D eigenvalue weighted by atomic mass is 10.2. The van der Waals surface area contributed by atoms with Gasteiger partial charge in [0.15, 0.2) is 9.84 Å². The normalized spacial score (nSPS) is 11.9. The Morgan fingerprint density at radius 1 is 0.900 bits per heavy atom. The van der Waals surface area contributed by atoms with E-state index in [9.17, 15) is 18.0 Å². The van der Waals surface area contributed by atoms with Crippen LogP contribution in [0.4, 0.5) is 11.4 Å². The highest BCUT2D eigenvalue weighted by Crippen LogP contribution is 2.29. The first kappa shape index (κ1) is 23.0. The maximum absolute atomic E-state index is 12.6. The molecule has 9 nitrogen and oxygen atoms in total. The molecule has 0 saturated carbocycles. The van der Waals surface area contributed by atoms with Gasteiger partial charge < -0.3 is 24.8 Å². The minimum Gasteiger partial charge on any atom is -0.497 e. The van der Waals surface area contributed by atoms with Gasteiger partial charge in [-0.05, 0) is 31.2 Å². The van der Waals surface area contributed by atoms with Crippen molar-refractivity contribution in [3.8, 4) is 17.2 Å². The molecule has 0 aliphatic carbocycles. The average molecular weight is 436 g/mol. The van der Waals surface area contributed by atoms with Crippen LogP contribution in [-0.4, -0.2) is 52.6 Å². The first-order valence-corrected chi connectivity index (χ1v) is 10.6. The second kappa shape index (κ2) is 9.97. The molecular weight excluding hydrogens is 412 g/mol. The van der Waals surface area contributed by atoms with Gasteiger partial charge in [0.05, 0.1) is 32.7 Å². The molecule has 2 N–H and O–H groups in total. The summed E-state index contributed by atoms with van der Waals surface area (Å²) in [5.74, 6) is -1.26. The van der Waals surface area contributed by atoms with E-state index in [1.807, 2.05) is 0 Å². The number of ether oxygens (including phenoxy) is 3. The number of rotatable bonds is 9. The Kier molecular flexibility index (Phi) is 7.65. The number of carbonyl (C=O) groups excluding carboxylic acids is 2. The SMILES string of the molecule is COc1ccc(OC)c(NC(=O)C(C)S(=O)(=O)CC(=O)Nc2ccccc2OC)c1.